The fourth-order valence-electron chi connectivity index (χ4n) is 2.11. The van der Waals surface area contributed by atoms with Crippen molar-refractivity contribution in [3.05, 3.63) is 20.3 Å². The van der Waals surface area contributed by atoms with Gasteiger partial charge in [-0.25, -0.2) is 0 Å². The average molecular weight is 302 g/mol. The van der Waals surface area contributed by atoms with Crippen LogP contribution in [0.2, 0.25) is 0 Å². The van der Waals surface area contributed by atoms with E-state index in [4.69, 9.17) is 0 Å². The third-order valence-corrected chi connectivity index (χ3v) is 5.26. The second-order valence-electron chi connectivity index (χ2n) is 4.41. The first kappa shape index (κ1) is 12.1. The lowest BCUT2D eigenvalue weighted by molar-refractivity contribution is 0.0640. The summed E-state index contributed by atoms with van der Waals surface area (Å²) < 4.78 is 1.07. The number of hydrogen-bond donors (Lipinski definition) is 0. The van der Waals surface area contributed by atoms with E-state index < -0.39 is 0 Å². The van der Waals surface area contributed by atoms with Crippen molar-refractivity contribution in [2.24, 2.45) is 0 Å². The van der Waals surface area contributed by atoms with Gasteiger partial charge in [0.25, 0.3) is 5.91 Å². The molecule has 1 fully saturated rings. The van der Waals surface area contributed by atoms with Crippen molar-refractivity contribution in [3.63, 3.8) is 0 Å². The molecule has 1 unspecified atom stereocenters. The van der Waals surface area contributed by atoms with Gasteiger partial charge >= 0.3 is 0 Å². The van der Waals surface area contributed by atoms with Crippen LogP contribution in [0.1, 0.15) is 41.4 Å². The number of halogens is 1. The number of hydrogen-bond acceptors (Lipinski definition) is 2. The maximum absolute atomic E-state index is 12.3. The number of amides is 1. The Balaban J connectivity index is 2.17. The van der Waals surface area contributed by atoms with Crippen LogP contribution in [-0.2, 0) is 0 Å². The van der Waals surface area contributed by atoms with Crippen molar-refractivity contribution < 1.29 is 4.79 Å². The monoisotopic (exact) mass is 301 g/mol. The van der Waals surface area contributed by atoms with Crippen LogP contribution in [0.25, 0.3) is 0 Å². The molecule has 1 aliphatic rings. The maximum Gasteiger partial charge on any atom is 0.264 e. The largest absolute Gasteiger partial charge is 0.335 e. The van der Waals surface area contributed by atoms with Gasteiger partial charge in [0.2, 0.25) is 0 Å². The van der Waals surface area contributed by atoms with Crippen molar-refractivity contribution in [1.29, 1.82) is 0 Å². The molecule has 0 aromatic carbocycles. The van der Waals surface area contributed by atoms with E-state index in [1.165, 1.54) is 6.42 Å². The van der Waals surface area contributed by atoms with Crippen LogP contribution in [-0.4, -0.2) is 23.4 Å². The number of carbonyl (C=O) groups excluding carboxylic acids is 1. The van der Waals surface area contributed by atoms with Crippen molar-refractivity contribution in [1.82, 2.24) is 4.90 Å². The highest BCUT2D eigenvalue weighted by atomic mass is 79.9. The van der Waals surface area contributed by atoms with Crippen LogP contribution in [0, 0.1) is 6.92 Å². The zero-order valence-electron chi connectivity index (χ0n) is 9.62. The third-order valence-electron chi connectivity index (χ3n) is 3.13. The van der Waals surface area contributed by atoms with Gasteiger partial charge in [-0.2, -0.15) is 0 Å². The Morgan fingerprint density at radius 1 is 1.56 bits per heavy atom. The molecule has 1 aliphatic heterocycles. The molecule has 2 rings (SSSR count). The van der Waals surface area contributed by atoms with E-state index >= 15 is 0 Å². The van der Waals surface area contributed by atoms with Gasteiger partial charge in [-0.3, -0.25) is 4.79 Å². The lowest BCUT2D eigenvalue weighted by Crippen LogP contribution is -2.41. The van der Waals surface area contributed by atoms with Crippen molar-refractivity contribution >= 4 is 33.2 Å². The molecule has 1 amide bonds. The fourth-order valence-corrected chi connectivity index (χ4v) is 3.60. The standard InChI is InChI=1S/C12H16BrNOS/c1-8-7-10(16-11(8)13)12(15)14-6-4-3-5-9(14)2/h7,9H,3-6H2,1-2H3. The number of likely N-dealkylation sites (tertiary alicyclic amines) is 1. The first-order valence-electron chi connectivity index (χ1n) is 5.66. The van der Waals surface area contributed by atoms with E-state index in [1.54, 1.807) is 11.3 Å². The highest BCUT2D eigenvalue weighted by molar-refractivity contribution is 9.11. The fraction of sp³-hybridized carbons (Fsp3) is 0.583. The zero-order valence-corrected chi connectivity index (χ0v) is 12.0. The number of piperidine rings is 1. The van der Waals surface area contributed by atoms with Gasteiger partial charge < -0.3 is 4.90 Å². The van der Waals surface area contributed by atoms with Crippen molar-refractivity contribution in [2.45, 2.75) is 39.2 Å². The Hall–Kier alpha value is -0.350. The van der Waals surface area contributed by atoms with Gasteiger partial charge in [0.05, 0.1) is 8.66 Å². The summed E-state index contributed by atoms with van der Waals surface area (Å²) in [6, 6.07) is 2.38. The molecule has 0 saturated carbocycles. The number of aryl methyl sites for hydroxylation is 1. The summed E-state index contributed by atoms with van der Waals surface area (Å²) in [5.41, 5.74) is 1.15. The Kier molecular flexibility index (Phi) is 3.70. The quantitative estimate of drug-likeness (QED) is 0.772. The number of nitrogens with zero attached hydrogens (tertiary/aromatic N) is 1. The number of rotatable bonds is 1. The molecule has 0 aliphatic carbocycles. The molecule has 0 spiro atoms. The molecule has 0 N–H and O–H groups in total. The normalized spacial score (nSPS) is 21.2. The highest BCUT2D eigenvalue weighted by Crippen LogP contribution is 2.29. The summed E-state index contributed by atoms with van der Waals surface area (Å²) in [6.07, 6.45) is 3.52. The zero-order chi connectivity index (χ0) is 11.7. The predicted octanol–water partition coefficient (Wildman–Crippen LogP) is 3.83. The van der Waals surface area contributed by atoms with Crippen LogP contribution in [0.5, 0.6) is 0 Å². The topological polar surface area (TPSA) is 20.3 Å². The molecule has 0 bridgehead atoms. The molecule has 1 aromatic rings. The van der Waals surface area contributed by atoms with Crippen LogP contribution in [0.3, 0.4) is 0 Å². The summed E-state index contributed by atoms with van der Waals surface area (Å²) in [6.45, 7) is 5.08. The summed E-state index contributed by atoms with van der Waals surface area (Å²) in [5, 5.41) is 0. The van der Waals surface area contributed by atoms with E-state index in [2.05, 4.69) is 22.9 Å². The van der Waals surface area contributed by atoms with Crippen LogP contribution < -0.4 is 0 Å². The maximum atomic E-state index is 12.3. The van der Waals surface area contributed by atoms with E-state index in [-0.39, 0.29) is 5.91 Å². The molecule has 16 heavy (non-hydrogen) atoms. The van der Waals surface area contributed by atoms with Crippen LogP contribution >= 0.6 is 27.3 Å². The minimum atomic E-state index is 0.200. The SMILES string of the molecule is Cc1cc(C(=O)N2CCCCC2C)sc1Br. The van der Waals surface area contributed by atoms with Crippen molar-refractivity contribution in [3.8, 4) is 0 Å². The van der Waals surface area contributed by atoms with E-state index in [0.29, 0.717) is 6.04 Å². The van der Waals surface area contributed by atoms with Crippen molar-refractivity contribution in [2.75, 3.05) is 6.54 Å². The molecule has 88 valence electrons. The first-order chi connectivity index (χ1) is 7.59. The second-order valence-corrected chi connectivity index (χ2v) is 6.78. The average Bonchev–Trinajstić information content (AvgIpc) is 2.59. The van der Waals surface area contributed by atoms with Crippen LogP contribution in [0.15, 0.2) is 9.85 Å². The lowest BCUT2D eigenvalue weighted by atomic mass is 10.0. The molecule has 1 atom stereocenters. The summed E-state index contributed by atoms with van der Waals surface area (Å²) >= 11 is 5.01. The molecule has 2 nitrogen and oxygen atoms in total. The Bertz CT molecular complexity index is 382. The molecule has 4 heteroatoms. The smallest absolute Gasteiger partial charge is 0.264 e. The van der Waals surface area contributed by atoms with E-state index in [9.17, 15) is 4.79 Å². The highest BCUT2D eigenvalue weighted by Gasteiger charge is 2.25. The van der Waals surface area contributed by atoms with Gasteiger partial charge in [-0.15, -0.1) is 11.3 Å². The molecule has 1 saturated heterocycles. The third kappa shape index (κ3) is 2.33. The summed E-state index contributed by atoms with van der Waals surface area (Å²) in [7, 11) is 0. The number of carbonyl (C=O) groups is 1. The molecule has 2 heterocycles. The molecular formula is C12H16BrNOS. The number of thiophene rings is 1. The van der Waals surface area contributed by atoms with Gasteiger partial charge in [-0.1, -0.05) is 0 Å². The molecular weight excluding hydrogens is 286 g/mol. The Morgan fingerprint density at radius 3 is 2.88 bits per heavy atom. The predicted molar refractivity (Wildman–Crippen MR) is 71.1 cm³/mol. The second kappa shape index (κ2) is 4.88. The first-order valence-corrected chi connectivity index (χ1v) is 7.27. The van der Waals surface area contributed by atoms with Crippen LogP contribution in [0.4, 0.5) is 0 Å². The van der Waals surface area contributed by atoms with Gasteiger partial charge in [0.15, 0.2) is 0 Å². The lowest BCUT2D eigenvalue weighted by Gasteiger charge is -2.33. The molecule has 0 radical (unpaired) electrons. The Labute approximate surface area is 109 Å². The van der Waals surface area contributed by atoms with E-state index in [1.807, 2.05) is 17.9 Å². The van der Waals surface area contributed by atoms with Gasteiger partial charge in [0, 0.05) is 12.6 Å². The van der Waals surface area contributed by atoms with Gasteiger partial charge in [0.1, 0.15) is 0 Å². The summed E-state index contributed by atoms with van der Waals surface area (Å²) in [4.78, 5) is 15.2. The minimum absolute atomic E-state index is 0.200. The Morgan fingerprint density at radius 2 is 2.31 bits per heavy atom. The van der Waals surface area contributed by atoms with E-state index in [0.717, 1.165) is 33.6 Å². The molecule has 1 aromatic heterocycles. The summed E-state index contributed by atoms with van der Waals surface area (Å²) in [5.74, 6) is 0.200. The minimum Gasteiger partial charge on any atom is -0.335 e. The van der Waals surface area contributed by atoms with Gasteiger partial charge in [-0.05, 0) is 60.7 Å².